The highest BCUT2D eigenvalue weighted by atomic mass is 35.5. The number of halogens is 2. The van der Waals surface area contributed by atoms with Crippen molar-refractivity contribution in [3.63, 3.8) is 0 Å². The molecule has 26 heavy (non-hydrogen) atoms. The fraction of sp³-hybridized carbons (Fsp3) is 0.471. The van der Waals surface area contributed by atoms with Gasteiger partial charge in [-0.25, -0.2) is 0 Å². The fourth-order valence-corrected chi connectivity index (χ4v) is 3.52. The van der Waals surface area contributed by atoms with Crippen molar-refractivity contribution in [3.05, 3.63) is 39.7 Å². The van der Waals surface area contributed by atoms with Crippen LogP contribution < -0.4 is 5.32 Å². The summed E-state index contributed by atoms with van der Waals surface area (Å²) >= 11 is 13.2. The number of nitrogens with zero attached hydrogens (tertiary/aromatic N) is 3. The lowest BCUT2D eigenvalue weighted by Crippen LogP contribution is -2.27. The molecule has 0 fully saturated rings. The van der Waals surface area contributed by atoms with E-state index < -0.39 is 0 Å². The van der Waals surface area contributed by atoms with Crippen molar-refractivity contribution in [3.8, 4) is 0 Å². The highest BCUT2D eigenvalue weighted by molar-refractivity contribution is 7.99. The zero-order chi connectivity index (χ0) is 19.1. The normalized spacial score (nSPS) is 12.4. The lowest BCUT2D eigenvalue weighted by molar-refractivity contribution is -0.118. The maximum atomic E-state index is 12.0. The molecule has 0 spiro atoms. The summed E-state index contributed by atoms with van der Waals surface area (Å²) in [4.78, 5) is 14.0. The molecule has 0 aliphatic carbocycles. The molecule has 1 heterocycles. The van der Waals surface area contributed by atoms with Gasteiger partial charge in [0.15, 0.2) is 0 Å². The summed E-state index contributed by atoms with van der Waals surface area (Å²) in [6, 6.07) is 5.42. The van der Waals surface area contributed by atoms with Gasteiger partial charge in [-0.05, 0) is 44.6 Å². The first-order valence-electron chi connectivity index (χ1n) is 8.24. The van der Waals surface area contributed by atoms with E-state index in [0.717, 1.165) is 12.0 Å². The van der Waals surface area contributed by atoms with Crippen molar-refractivity contribution in [2.75, 3.05) is 26.4 Å². The van der Waals surface area contributed by atoms with Gasteiger partial charge in [0.25, 0.3) is 5.22 Å². The van der Waals surface area contributed by atoms with E-state index in [4.69, 9.17) is 27.6 Å². The van der Waals surface area contributed by atoms with Crippen LogP contribution in [0.3, 0.4) is 0 Å². The van der Waals surface area contributed by atoms with Crippen LogP contribution in [0.15, 0.2) is 27.8 Å². The lowest BCUT2D eigenvalue weighted by Gasteiger charge is -2.18. The Balaban J connectivity index is 1.76. The van der Waals surface area contributed by atoms with Gasteiger partial charge in [0.2, 0.25) is 11.8 Å². The number of nitrogens with one attached hydrogen (secondary N) is 1. The van der Waals surface area contributed by atoms with Gasteiger partial charge >= 0.3 is 0 Å². The van der Waals surface area contributed by atoms with Gasteiger partial charge in [-0.1, -0.05) is 48.0 Å². The van der Waals surface area contributed by atoms with E-state index in [1.54, 1.807) is 12.1 Å². The van der Waals surface area contributed by atoms with E-state index >= 15 is 0 Å². The van der Waals surface area contributed by atoms with E-state index in [0.29, 0.717) is 34.1 Å². The molecular formula is C17H22Cl2N4O2S. The Morgan fingerprint density at radius 1 is 1.35 bits per heavy atom. The van der Waals surface area contributed by atoms with Crippen LogP contribution in [0.1, 0.15) is 30.8 Å². The van der Waals surface area contributed by atoms with Gasteiger partial charge in [0, 0.05) is 16.6 Å². The van der Waals surface area contributed by atoms with E-state index in [9.17, 15) is 4.79 Å². The second-order valence-corrected chi connectivity index (χ2v) is 7.69. The summed E-state index contributed by atoms with van der Waals surface area (Å²) in [5.74, 6) is 0.687. The van der Waals surface area contributed by atoms with Crippen LogP contribution >= 0.6 is 35.0 Å². The second-order valence-electron chi connectivity index (χ2n) is 5.92. The Hall–Kier alpha value is -1.28. The van der Waals surface area contributed by atoms with Gasteiger partial charge in [-0.3, -0.25) is 9.69 Å². The molecule has 1 atom stereocenters. The average Bonchev–Trinajstić information content (AvgIpc) is 3.04. The minimum Gasteiger partial charge on any atom is -0.414 e. The summed E-state index contributed by atoms with van der Waals surface area (Å²) in [7, 11) is 3.93. The maximum absolute atomic E-state index is 12.0. The number of aromatic nitrogens is 2. The first-order chi connectivity index (χ1) is 12.4. The van der Waals surface area contributed by atoms with Crippen LogP contribution in [0.25, 0.3) is 0 Å². The molecule has 0 aliphatic rings. The van der Waals surface area contributed by atoms with Gasteiger partial charge in [0.05, 0.1) is 11.8 Å². The van der Waals surface area contributed by atoms with Crippen molar-refractivity contribution in [1.29, 1.82) is 0 Å². The molecule has 1 amide bonds. The SMILES string of the molecule is CC[C@@H](c1nnc(SCC(=O)NCCc2ccc(Cl)cc2Cl)o1)N(C)C. The summed E-state index contributed by atoms with van der Waals surface area (Å²) in [5.41, 5.74) is 0.944. The number of rotatable bonds is 9. The largest absolute Gasteiger partial charge is 0.414 e. The predicted molar refractivity (Wildman–Crippen MR) is 105 cm³/mol. The smallest absolute Gasteiger partial charge is 0.277 e. The Morgan fingerprint density at radius 3 is 2.77 bits per heavy atom. The fourth-order valence-electron chi connectivity index (χ4n) is 2.41. The van der Waals surface area contributed by atoms with Crippen molar-refractivity contribution in [2.24, 2.45) is 0 Å². The highest BCUT2D eigenvalue weighted by Crippen LogP contribution is 2.24. The number of hydrogen-bond donors (Lipinski definition) is 1. The van der Waals surface area contributed by atoms with Crippen molar-refractivity contribution in [2.45, 2.75) is 31.0 Å². The molecule has 0 radical (unpaired) electrons. The van der Waals surface area contributed by atoms with E-state index in [2.05, 4.69) is 22.4 Å². The molecule has 2 rings (SSSR count). The molecule has 0 bridgehead atoms. The molecule has 0 saturated carbocycles. The number of benzene rings is 1. The number of thioether (sulfide) groups is 1. The van der Waals surface area contributed by atoms with Crippen LogP contribution in [0.5, 0.6) is 0 Å². The third-order valence-electron chi connectivity index (χ3n) is 3.78. The number of carbonyl (C=O) groups excluding carboxylic acids is 1. The zero-order valence-electron chi connectivity index (χ0n) is 15.0. The molecule has 6 nitrogen and oxygen atoms in total. The molecular weight excluding hydrogens is 395 g/mol. The highest BCUT2D eigenvalue weighted by Gasteiger charge is 2.19. The van der Waals surface area contributed by atoms with Crippen LogP contribution in [-0.4, -0.2) is 47.4 Å². The van der Waals surface area contributed by atoms with Crippen molar-refractivity contribution < 1.29 is 9.21 Å². The van der Waals surface area contributed by atoms with Crippen molar-refractivity contribution >= 4 is 40.9 Å². The standard InChI is InChI=1S/C17H22Cl2N4O2S/c1-4-14(23(2)3)16-21-22-17(25-16)26-10-15(24)20-8-7-11-5-6-12(18)9-13(11)19/h5-6,9,14H,4,7-8,10H2,1-3H3,(H,20,24)/t14-/m0/s1. The van der Waals surface area contributed by atoms with E-state index in [1.165, 1.54) is 11.8 Å². The Morgan fingerprint density at radius 2 is 2.12 bits per heavy atom. The first kappa shape index (κ1) is 21.0. The Bertz CT molecular complexity index is 739. The lowest BCUT2D eigenvalue weighted by atomic mass is 10.1. The van der Waals surface area contributed by atoms with Crippen LogP contribution in [0.2, 0.25) is 10.0 Å². The summed E-state index contributed by atoms with van der Waals surface area (Å²) in [6.07, 6.45) is 1.51. The topological polar surface area (TPSA) is 71.3 Å². The quantitative estimate of drug-likeness (QED) is 0.626. The summed E-state index contributed by atoms with van der Waals surface area (Å²) in [6.45, 7) is 2.55. The molecule has 0 saturated heterocycles. The molecule has 1 aromatic carbocycles. The van der Waals surface area contributed by atoms with Crippen LogP contribution in [-0.2, 0) is 11.2 Å². The average molecular weight is 417 g/mol. The molecule has 1 N–H and O–H groups in total. The van der Waals surface area contributed by atoms with Gasteiger partial charge in [0.1, 0.15) is 0 Å². The number of hydrogen-bond acceptors (Lipinski definition) is 6. The third kappa shape index (κ3) is 6.16. The molecule has 1 aromatic heterocycles. The first-order valence-corrected chi connectivity index (χ1v) is 9.98. The van der Waals surface area contributed by atoms with Gasteiger partial charge in [-0.15, -0.1) is 10.2 Å². The summed E-state index contributed by atoms with van der Waals surface area (Å²) in [5, 5.41) is 12.5. The van der Waals surface area contributed by atoms with Gasteiger partial charge in [-0.2, -0.15) is 0 Å². The number of amides is 1. The van der Waals surface area contributed by atoms with Crippen molar-refractivity contribution in [1.82, 2.24) is 20.4 Å². The zero-order valence-corrected chi connectivity index (χ0v) is 17.3. The van der Waals surface area contributed by atoms with Crippen LogP contribution in [0, 0.1) is 0 Å². The monoisotopic (exact) mass is 416 g/mol. The minimum atomic E-state index is -0.0977. The minimum absolute atomic E-state index is 0.0785. The Labute approximate surface area is 167 Å². The van der Waals surface area contributed by atoms with E-state index in [1.807, 2.05) is 25.1 Å². The van der Waals surface area contributed by atoms with E-state index in [-0.39, 0.29) is 17.7 Å². The summed E-state index contributed by atoms with van der Waals surface area (Å²) < 4.78 is 5.64. The molecule has 2 aromatic rings. The van der Waals surface area contributed by atoms with Crippen LogP contribution in [0.4, 0.5) is 0 Å². The molecule has 142 valence electrons. The maximum Gasteiger partial charge on any atom is 0.277 e. The second kappa shape index (κ2) is 10.2. The predicted octanol–water partition coefficient (Wildman–Crippen LogP) is 3.84. The molecule has 0 aliphatic heterocycles. The van der Waals surface area contributed by atoms with Gasteiger partial charge < -0.3 is 9.73 Å². The molecule has 9 heteroatoms. The third-order valence-corrected chi connectivity index (χ3v) is 5.18. The number of carbonyl (C=O) groups is 1. The molecule has 0 unspecified atom stereocenters. The Kier molecular flexibility index (Phi) is 8.21.